The van der Waals surface area contributed by atoms with Gasteiger partial charge in [0.15, 0.2) is 11.6 Å². The number of halogens is 4. The second-order valence-corrected chi connectivity index (χ2v) is 4.73. The molecule has 3 nitrogen and oxygen atoms in total. The highest BCUT2D eigenvalue weighted by Crippen LogP contribution is 2.28. The Labute approximate surface area is 124 Å². The van der Waals surface area contributed by atoms with Crippen LogP contribution in [0, 0.1) is 11.6 Å². The Balaban J connectivity index is 2.25. The van der Waals surface area contributed by atoms with Gasteiger partial charge in [-0.25, -0.2) is 8.78 Å². The molecule has 1 aromatic carbocycles. The van der Waals surface area contributed by atoms with Crippen LogP contribution in [0.5, 0.6) is 0 Å². The Bertz CT molecular complexity index is 654. The van der Waals surface area contributed by atoms with Crippen molar-refractivity contribution in [3.63, 3.8) is 0 Å². The van der Waals surface area contributed by atoms with Crippen molar-refractivity contribution in [2.24, 2.45) is 5.10 Å². The SMILES string of the molecule is C/C(=N/Nc1c(Cl)cncc1Cl)c1ccc(F)c(F)c1. The Kier molecular flexibility index (Phi) is 4.52. The van der Waals surface area contributed by atoms with Crippen LogP contribution in [0.3, 0.4) is 0 Å². The van der Waals surface area contributed by atoms with Gasteiger partial charge < -0.3 is 0 Å². The van der Waals surface area contributed by atoms with E-state index in [2.05, 4.69) is 15.5 Å². The number of nitrogens with zero attached hydrogens (tertiary/aromatic N) is 2. The minimum atomic E-state index is -0.933. The van der Waals surface area contributed by atoms with E-state index in [1.807, 2.05) is 0 Å². The number of benzene rings is 1. The zero-order valence-electron chi connectivity index (χ0n) is 10.3. The van der Waals surface area contributed by atoms with Crippen LogP contribution in [0.25, 0.3) is 0 Å². The van der Waals surface area contributed by atoms with Crippen molar-refractivity contribution >= 4 is 34.6 Å². The molecule has 20 heavy (non-hydrogen) atoms. The fourth-order valence-electron chi connectivity index (χ4n) is 1.44. The summed E-state index contributed by atoms with van der Waals surface area (Å²) in [7, 11) is 0. The molecule has 1 aromatic heterocycles. The lowest BCUT2D eigenvalue weighted by molar-refractivity contribution is 0.508. The molecule has 0 saturated carbocycles. The van der Waals surface area contributed by atoms with E-state index >= 15 is 0 Å². The molecule has 0 aliphatic heterocycles. The standard InChI is InChI=1S/C13H9Cl2F2N3/c1-7(8-2-3-11(16)12(17)4-8)19-20-13-9(14)5-18-6-10(13)15/h2-6H,1H3,(H,18,20)/b19-7-. The number of nitrogens with one attached hydrogen (secondary N) is 1. The van der Waals surface area contributed by atoms with E-state index in [9.17, 15) is 8.78 Å². The van der Waals surface area contributed by atoms with Crippen LogP contribution in [0.15, 0.2) is 35.7 Å². The minimum absolute atomic E-state index is 0.305. The van der Waals surface area contributed by atoms with Gasteiger partial charge in [0, 0.05) is 18.0 Å². The summed E-state index contributed by atoms with van der Waals surface area (Å²) in [5.41, 5.74) is 3.97. The van der Waals surface area contributed by atoms with E-state index in [4.69, 9.17) is 23.2 Å². The quantitative estimate of drug-likeness (QED) is 0.668. The summed E-state index contributed by atoms with van der Waals surface area (Å²) in [5, 5.41) is 4.65. The molecule has 0 aliphatic rings. The molecule has 0 saturated heterocycles. The molecule has 0 bridgehead atoms. The van der Waals surface area contributed by atoms with Gasteiger partial charge in [0.05, 0.1) is 21.4 Å². The maximum absolute atomic E-state index is 13.1. The average molecular weight is 316 g/mol. The first-order valence-corrected chi connectivity index (χ1v) is 6.29. The fraction of sp³-hybridized carbons (Fsp3) is 0.0769. The second-order valence-electron chi connectivity index (χ2n) is 3.92. The third kappa shape index (κ3) is 3.23. The van der Waals surface area contributed by atoms with Gasteiger partial charge in [0.2, 0.25) is 0 Å². The van der Waals surface area contributed by atoms with Gasteiger partial charge in [-0.3, -0.25) is 10.4 Å². The summed E-state index contributed by atoms with van der Waals surface area (Å²) in [6.45, 7) is 1.64. The summed E-state index contributed by atoms with van der Waals surface area (Å²) in [6.07, 6.45) is 2.83. The van der Waals surface area contributed by atoms with Crippen LogP contribution < -0.4 is 5.43 Å². The van der Waals surface area contributed by atoms with Gasteiger partial charge in [-0.1, -0.05) is 23.2 Å². The topological polar surface area (TPSA) is 37.3 Å². The molecule has 7 heteroatoms. The van der Waals surface area contributed by atoms with Gasteiger partial charge in [0.1, 0.15) is 0 Å². The zero-order chi connectivity index (χ0) is 14.7. The van der Waals surface area contributed by atoms with E-state index in [0.29, 0.717) is 27.0 Å². The predicted molar refractivity (Wildman–Crippen MR) is 76.4 cm³/mol. The zero-order valence-corrected chi connectivity index (χ0v) is 11.8. The molecule has 1 heterocycles. The molecule has 0 unspecified atom stereocenters. The van der Waals surface area contributed by atoms with Crippen molar-refractivity contribution in [3.05, 3.63) is 57.8 Å². The molecule has 2 rings (SSSR count). The van der Waals surface area contributed by atoms with Crippen LogP contribution >= 0.6 is 23.2 Å². The molecule has 104 valence electrons. The number of hydrazone groups is 1. The van der Waals surface area contributed by atoms with Crippen molar-refractivity contribution in [1.82, 2.24) is 4.98 Å². The number of anilines is 1. The summed E-state index contributed by atoms with van der Waals surface area (Å²) in [4.78, 5) is 3.81. The lowest BCUT2D eigenvalue weighted by Crippen LogP contribution is -2.02. The van der Waals surface area contributed by atoms with Crippen molar-refractivity contribution in [2.75, 3.05) is 5.43 Å². The smallest absolute Gasteiger partial charge is 0.159 e. The summed E-state index contributed by atoms with van der Waals surface area (Å²) in [5.74, 6) is -1.84. The fourth-order valence-corrected chi connectivity index (χ4v) is 1.89. The van der Waals surface area contributed by atoms with Gasteiger partial charge in [-0.15, -0.1) is 0 Å². The average Bonchev–Trinajstić information content (AvgIpc) is 2.41. The van der Waals surface area contributed by atoms with Crippen LogP contribution in [0.1, 0.15) is 12.5 Å². The van der Waals surface area contributed by atoms with Crippen molar-refractivity contribution in [2.45, 2.75) is 6.92 Å². The normalized spacial score (nSPS) is 11.6. The van der Waals surface area contributed by atoms with Gasteiger partial charge in [-0.2, -0.15) is 5.10 Å². The molecule has 0 fully saturated rings. The van der Waals surface area contributed by atoms with E-state index < -0.39 is 11.6 Å². The van der Waals surface area contributed by atoms with Gasteiger partial charge >= 0.3 is 0 Å². The van der Waals surface area contributed by atoms with E-state index in [1.165, 1.54) is 18.5 Å². The molecular formula is C13H9Cl2F2N3. The van der Waals surface area contributed by atoms with Crippen molar-refractivity contribution in [1.29, 1.82) is 0 Å². The molecule has 2 aromatic rings. The largest absolute Gasteiger partial charge is 0.275 e. The Morgan fingerprint density at radius 3 is 2.40 bits per heavy atom. The Morgan fingerprint density at radius 1 is 1.15 bits per heavy atom. The number of rotatable bonds is 3. The highest BCUT2D eigenvalue weighted by atomic mass is 35.5. The van der Waals surface area contributed by atoms with Crippen LogP contribution in [0.2, 0.25) is 10.0 Å². The lowest BCUT2D eigenvalue weighted by atomic mass is 10.1. The maximum atomic E-state index is 13.1. The van der Waals surface area contributed by atoms with E-state index in [1.54, 1.807) is 6.92 Å². The summed E-state index contributed by atoms with van der Waals surface area (Å²) in [6, 6.07) is 3.52. The van der Waals surface area contributed by atoms with Gasteiger partial charge in [-0.05, 0) is 25.1 Å². The highest BCUT2D eigenvalue weighted by Gasteiger charge is 2.07. The molecule has 0 spiro atoms. The minimum Gasteiger partial charge on any atom is -0.275 e. The molecule has 0 radical (unpaired) electrons. The molecular weight excluding hydrogens is 307 g/mol. The molecule has 0 amide bonds. The van der Waals surface area contributed by atoms with Gasteiger partial charge in [0.25, 0.3) is 0 Å². The van der Waals surface area contributed by atoms with Crippen molar-refractivity contribution < 1.29 is 8.78 Å². The van der Waals surface area contributed by atoms with Crippen LogP contribution in [-0.2, 0) is 0 Å². The summed E-state index contributed by atoms with van der Waals surface area (Å²) < 4.78 is 26.0. The van der Waals surface area contributed by atoms with Crippen LogP contribution in [0.4, 0.5) is 14.5 Å². The first kappa shape index (κ1) is 14.7. The maximum Gasteiger partial charge on any atom is 0.159 e. The summed E-state index contributed by atoms with van der Waals surface area (Å²) >= 11 is 11.8. The van der Waals surface area contributed by atoms with E-state index in [0.717, 1.165) is 12.1 Å². The number of hydrogen-bond donors (Lipinski definition) is 1. The molecule has 0 aliphatic carbocycles. The highest BCUT2D eigenvalue weighted by molar-refractivity contribution is 6.38. The number of pyridine rings is 1. The van der Waals surface area contributed by atoms with E-state index in [-0.39, 0.29) is 0 Å². The monoisotopic (exact) mass is 315 g/mol. The first-order chi connectivity index (χ1) is 9.49. The molecule has 1 N–H and O–H groups in total. The van der Waals surface area contributed by atoms with Crippen molar-refractivity contribution in [3.8, 4) is 0 Å². The number of hydrogen-bond acceptors (Lipinski definition) is 3. The first-order valence-electron chi connectivity index (χ1n) is 5.53. The predicted octanol–water partition coefficient (Wildman–Crippen LogP) is 4.50. The third-order valence-corrected chi connectivity index (χ3v) is 3.10. The third-order valence-electron chi connectivity index (χ3n) is 2.53. The van der Waals surface area contributed by atoms with Crippen LogP contribution in [-0.4, -0.2) is 10.7 Å². The Hall–Kier alpha value is -1.72. The Morgan fingerprint density at radius 2 is 1.80 bits per heavy atom. The number of aromatic nitrogens is 1. The lowest BCUT2D eigenvalue weighted by Gasteiger charge is -2.07. The second kappa shape index (κ2) is 6.15. The molecule has 0 atom stereocenters.